The molecule has 0 saturated carbocycles. The lowest BCUT2D eigenvalue weighted by atomic mass is 10.3. The first-order valence-electron chi connectivity index (χ1n) is 7.02. The minimum Gasteiger partial charge on any atom is -0.453 e. The number of urea groups is 1. The molecule has 2 unspecified atom stereocenters. The van der Waals surface area contributed by atoms with Crippen LogP contribution < -0.4 is 20.9 Å². The van der Waals surface area contributed by atoms with E-state index in [2.05, 4.69) is 20.7 Å². The highest BCUT2D eigenvalue weighted by molar-refractivity contribution is 6.20. The summed E-state index contributed by atoms with van der Waals surface area (Å²) in [5, 5.41) is 8.05. The molecule has 1 heterocycles. The van der Waals surface area contributed by atoms with Crippen molar-refractivity contribution in [1.82, 2.24) is 10.6 Å². The Morgan fingerprint density at radius 3 is 2.87 bits per heavy atom. The van der Waals surface area contributed by atoms with E-state index in [4.69, 9.17) is 16.3 Å². The number of hydrogen-bond donors (Lipinski definition) is 3. The first-order valence-corrected chi connectivity index (χ1v) is 7.45. The van der Waals surface area contributed by atoms with E-state index in [1.54, 1.807) is 25.1 Å². The summed E-state index contributed by atoms with van der Waals surface area (Å²) in [7, 11) is 1.25. The van der Waals surface area contributed by atoms with Crippen LogP contribution in [-0.2, 0) is 9.47 Å². The molecule has 0 aliphatic carbocycles. The molecule has 23 heavy (non-hydrogen) atoms. The number of nitrogens with one attached hydrogen (secondary N) is 3. The number of methoxy groups -OCH3 is 1. The fourth-order valence-electron chi connectivity index (χ4n) is 2.07. The number of carbonyl (C=O) groups excluding carboxylic acids is 2. The van der Waals surface area contributed by atoms with Gasteiger partial charge in [0.1, 0.15) is 6.73 Å². The second-order valence-electron chi connectivity index (χ2n) is 4.85. The molecule has 0 aromatic heterocycles. The van der Waals surface area contributed by atoms with Crippen molar-refractivity contribution in [3.63, 3.8) is 0 Å². The summed E-state index contributed by atoms with van der Waals surface area (Å²) in [4.78, 5) is 25.2. The summed E-state index contributed by atoms with van der Waals surface area (Å²) in [6.45, 7) is 2.13. The lowest BCUT2D eigenvalue weighted by molar-refractivity contribution is 0.123. The molecule has 3 N–H and O–H groups in total. The largest absolute Gasteiger partial charge is 0.453 e. The van der Waals surface area contributed by atoms with Gasteiger partial charge in [-0.3, -0.25) is 10.2 Å². The predicted octanol–water partition coefficient (Wildman–Crippen LogP) is 1.87. The average molecular weight is 343 g/mol. The van der Waals surface area contributed by atoms with Gasteiger partial charge in [-0.1, -0.05) is 12.1 Å². The fourth-order valence-corrected chi connectivity index (χ4v) is 2.16. The molecule has 8 nitrogen and oxygen atoms in total. The van der Waals surface area contributed by atoms with Crippen LogP contribution in [0.15, 0.2) is 24.3 Å². The van der Waals surface area contributed by atoms with Gasteiger partial charge in [-0.05, 0) is 19.1 Å². The Morgan fingerprint density at radius 1 is 1.43 bits per heavy atom. The molecule has 1 aliphatic heterocycles. The maximum Gasteiger partial charge on any atom is 0.409 e. The van der Waals surface area contributed by atoms with Crippen molar-refractivity contribution in [2.75, 3.05) is 30.7 Å². The Morgan fingerprint density at radius 2 is 2.17 bits per heavy atom. The van der Waals surface area contributed by atoms with Gasteiger partial charge < -0.3 is 20.1 Å². The third-order valence-corrected chi connectivity index (χ3v) is 3.17. The van der Waals surface area contributed by atoms with Gasteiger partial charge in [-0.15, -0.1) is 11.6 Å². The van der Waals surface area contributed by atoms with Crippen LogP contribution in [0.3, 0.4) is 0 Å². The van der Waals surface area contributed by atoms with Crippen LogP contribution in [0.5, 0.6) is 0 Å². The second-order valence-corrected chi connectivity index (χ2v) is 5.59. The molecule has 2 rings (SSSR count). The number of alkyl halides is 1. The monoisotopic (exact) mass is 342 g/mol. The Bertz CT molecular complexity index is 569. The van der Waals surface area contributed by atoms with Crippen LogP contribution in [0.4, 0.5) is 21.0 Å². The van der Waals surface area contributed by atoms with E-state index in [1.165, 1.54) is 12.0 Å². The number of alkyl carbamates (subject to hydrolysis) is 1. The number of rotatable bonds is 5. The van der Waals surface area contributed by atoms with Gasteiger partial charge >= 0.3 is 12.1 Å². The Labute approximate surface area is 139 Å². The van der Waals surface area contributed by atoms with Crippen molar-refractivity contribution in [1.29, 1.82) is 0 Å². The average Bonchev–Trinajstić information content (AvgIpc) is 2.88. The maximum atomic E-state index is 12.4. The zero-order chi connectivity index (χ0) is 16.8. The van der Waals surface area contributed by atoms with Gasteiger partial charge in [-0.2, -0.15) is 0 Å². The topological polar surface area (TPSA) is 91.9 Å². The second kappa shape index (κ2) is 7.89. The lowest BCUT2D eigenvalue weighted by Crippen LogP contribution is -2.55. The highest BCUT2D eigenvalue weighted by Crippen LogP contribution is 2.33. The van der Waals surface area contributed by atoms with Crippen molar-refractivity contribution in [3.05, 3.63) is 24.3 Å². The van der Waals surface area contributed by atoms with Gasteiger partial charge in [0.2, 0.25) is 0 Å². The van der Waals surface area contributed by atoms with Crippen LogP contribution in [0.1, 0.15) is 6.92 Å². The molecule has 1 aromatic carbocycles. The molecule has 1 aromatic rings. The van der Waals surface area contributed by atoms with Crippen molar-refractivity contribution in [3.8, 4) is 0 Å². The number of hydrogen-bond acceptors (Lipinski definition) is 5. The molecular weight excluding hydrogens is 324 g/mol. The molecule has 0 spiro atoms. The van der Waals surface area contributed by atoms with E-state index in [9.17, 15) is 9.59 Å². The summed E-state index contributed by atoms with van der Waals surface area (Å²) in [5.74, 6) is 0. The fraction of sp³-hybridized carbons (Fsp3) is 0.429. The van der Waals surface area contributed by atoms with Crippen molar-refractivity contribution in [2.45, 2.75) is 18.6 Å². The zero-order valence-corrected chi connectivity index (χ0v) is 13.6. The third kappa shape index (κ3) is 4.40. The number of carbonyl (C=O) groups is 2. The highest BCUT2D eigenvalue weighted by atomic mass is 35.5. The number of para-hydroxylation sites is 2. The third-order valence-electron chi connectivity index (χ3n) is 3.05. The van der Waals surface area contributed by atoms with Gasteiger partial charge in [0.05, 0.1) is 30.5 Å². The van der Waals surface area contributed by atoms with Crippen LogP contribution in [0.25, 0.3) is 0 Å². The molecule has 3 amide bonds. The van der Waals surface area contributed by atoms with Crippen molar-refractivity contribution in [2.24, 2.45) is 0 Å². The van der Waals surface area contributed by atoms with E-state index < -0.39 is 18.4 Å². The first-order chi connectivity index (χ1) is 11.0. The highest BCUT2D eigenvalue weighted by Gasteiger charge is 2.34. The SMILES string of the molecule is COC(=O)NC1Nc2ccccc2N1C(=O)NCOCC(C)Cl. The number of anilines is 2. The predicted molar refractivity (Wildman–Crippen MR) is 86.5 cm³/mol. The Hall–Kier alpha value is -2.19. The first kappa shape index (κ1) is 17.2. The van der Waals surface area contributed by atoms with E-state index in [0.717, 1.165) is 5.69 Å². The molecule has 126 valence electrons. The van der Waals surface area contributed by atoms with Crippen molar-refractivity contribution < 1.29 is 19.1 Å². The maximum absolute atomic E-state index is 12.4. The normalized spacial score (nSPS) is 17.0. The number of benzene rings is 1. The van der Waals surface area contributed by atoms with Gasteiger partial charge in [0, 0.05) is 0 Å². The quantitative estimate of drug-likeness (QED) is 0.431. The summed E-state index contributed by atoms with van der Waals surface area (Å²) in [6, 6.07) is 6.77. The number of fused-ring (bicyclic) bond motifs is 1. The molecule has 9 heteroatoms. The van der Waals surface area contributed by atoms with E-state index in [0.29, 0.717) is 12.3 Å². The standard InChI is InChI=1S/C14H19ClN4O4/c1-9(15)7-23-8-16-13(20)19-11-6-4-3-5-10(11)17-12(19)18-14(21)22-2/h3-6,9,12,17H,7-8H2,1-2H3,(H,16,20)(H,18,21). The summed E-state index contributed by atoms with van der Waals surface area (Å²) >= 11 is 5.76. The molecule has 0 fully saturated rings. The number of amides is 3. The van der Waals surface area contributed by atoms with Gasteiger partial charge in [0.25, 0.3) is 0 Å². The van der Waals surface area contributed by atoms with Crippen LogP contribution >= 0.6 is 11.6 Å². The molecule has 0 saturated heterocycles. The van der Waals surface area contributed by atoms with E-state index in [-0.39, 0.29) is 12.1 Å². The van der Waals surface area contributed by atoms with E-state index >= 15 is 0 Å². The molecular formula is C14H19ClN4O4. The molecule has 1 aliphatic rings. The van der Waals surface area contributed by atoms with Gasteiger partial charge in [-0.25, -0.2) is 9.59 Å². The summed E-state index contributed by atoms with van der Waals surface area (Å²) < 4.78 is 9.80. The number of ether oxygens (including phenoxy) is 2. The molecule has 2 atom stereocenters. The van der Waals surface area contributed by atoms with Gasteiger partial charge in [0.15, 0.2) is 6.29 Å². The van der Waals surface area contributed by atoms with Crippen LogP contribution in [0, 0.1) is 0 Å². The minimum absolute atomic E-state index is 0.0134. The Kier molecular flexibility index (Phi) is 5.89. The molecule has 0 bridgehead atoms. The van der Waals surface area contributed by atoms with E-state index in [1.807, 2.05) is 6.07 Å². The number of nitrogens with zero attached hydrogens (tertiary/aromatic N) is 1. The van der Waals surface area contributed by atoms with Crippen LogP contribution in [0.2, 0.25) is 0 Å². The zero-order valence-electron chi connectivity index (χ0n) is 12.8. The number of halogens is 1. The van der Waals surface area contributed by atoms with Crippen LogP contribution in [-0.4, -0.2) is 44.2 Å². The lowest BCUT2D eigenvalue weighted by Gasteiger charge is -2.25. The molecule has 0 radical (unpaired) electrons. The summed E-state index contributed by atoms with van der Waals surface area (Å²) in [6.07, 6.45) is -1.41. The van der Waals surface area contributed by atoms with Crippen molar-refractivity contribution >= 4 is 35.1 Å². The minimum atomic E-state index is -0.758. The smallest absolute Gasteiger partial charge is 0.409 e. The summed E-state index contributed by atoms with van der Waals surface area (Å²) in [5.41, 5.74) is 1.36. The Balaban J connectivity index is 2.04.